The summed E-state index contributed by atoms with van der Waals surface area (Å²) in [4.78, 5) is 11.4. The molecule has 1 aliphatic heterocycles. The minimum atomic E-state index is -1.25. The van der Waals surface area contributed by atoms with Gasteiger partial charge in [0, 0.05) is 4.90 Å². The van der Waals surface area contributed by atoms with Gasteiger partial charge in [0.15, 0.2) is 0 Å². The molecule has 1 aromatic rings. The molecule has 0 saturated carbocycles. The molecule has 8 heteroatoms. The van der Waals surface area contributed by atoms with Crippen molar-refractivity contribution in [2.45, 2.75) is 28.6 Å². The molecule has 0 amide bonds. The van der Waals surface area contributed by atoms with Crippen LogP contribution >= 0.6 is 11.8 Å². The maximum absolute atomic E-state index is 10.7. The van der Waals surface area contributed by atoms with Gasteiger partial charge < -0.3 is 25.2 Å². The number of aromatic carboxylic acids is 1. The second kappa shape index (κ2) is 7.95. The molecule has 1 aliphatic rings. The zero-order valence-electron chi connectivity index (χ0n) is 9.84. The predicted molar refractivity (Wildman–Crippen MR) is 75.6 cm³/mol. The summed E-state index contributed by atoms with van der Waals surface area (Å²) in [6, 6.07) is 6.10. The summed E-state index contributed by atoms with van der Waals surface area (Å²) < 4.78 is 5.24. The van der Waals surface area contributed by atoms with E-state index in [2.05, 4.69) is 0 Å². The quantitative estimate of drug-likeness (QED) is 0.527. The molecule has 0 spiro atoms. The van der Waals surface area contributed by atoms with Gasteiger partial charge in [-0.05, 0) is 24.3 Å². The molecule has 0 aliphatic carbocycles. The topological polar surface area (TPSA) is 107 Å². The van der Waals surface area contributed by atoms with E-state index in [9.17, 15) is 20.1 Å². The average molecular weight is 328 g/mol. The van der Waals surface area contributed by atoms with Crippen LogP contribution in [0.1, 0.15) is 10.4 Å². The zero-order valence-corrected chi connectivity index (χ0v) is 10.7. The van der Waals surface area contributed by atoms with Gasteiger partial charge in [-0.15, -0.1) is 0 Å². The number of aliphatic hydroxyl groups excluding tert-OH is 3. The van der Waals surface area contributed by atoms with E-state index in [1.165, 1.54) is 12.1 Å². The van der Waals surface area contributed by atoms with Crippen LogP contribution in [0.25, 0.3) is 0 Å². The molecule has 4 atom stereocenters. The molecule has 1 heterocycles. The van der Waals surface area contributed by atoms with Crippen LogP contribution in [0.3, 0.4) is 0 Å². The number of carbonyl (C=O) groups is 1. The summed E-state index contributed by atoms with van der Waals surface area (Å²) in [6.45, 7) is -0.0525. The Bertz CT molecular complexity index is 454. The Hall–Kier alpha value is 0.140. The van der Waals surface area contributed by atoms with Crippen molar-refractivity contribution in [3.8, 4) is 0 Å². The van der Waals surface area contributed by atoms with E-state index in [-0.39, 0.29) is 49.9 Å². The van der Waals surface area contributed by atoms with Crippen LogP contribution in [0, 0.1) is 0 Å². The molecular weight excluding hydrogens is 312 g/mol. The first-order valence-electron chi connectivity index (χ1n) is 5.65. The Morgan fingerprint density at radius 2 is 1.75 bits per heavy atom. The van der Waals surface area contributed by atoms with Crippen molar-refractivity contribution in [1.82, 2.24) is 0 Å². The Balaban J connectivity index is 0.00000200. The number of carboxylic acids is 1. The Morgan fingerprint density at radius 3 is 2.30 bits per heavy atom. The van der Waals surface area contributed by atoms with Crippen LogP contribution in [-0.2, 0) is 4.74 Å². The van der Waals surface area contributed by atoms with Crippen LogP contribution in [-0.4, -0.2) is 94.5 Å². The molecule has 0 bridgehead atoms. The second-order valence-corrected chi connectivity index (χ2v) is 5.37. The third-order valence-electron chi connectivity index (χ3n) is 2.81. The number of rotatable bonds is 3. The summed E-state index contributed by atoms with van der Waals surface area (Å²) in [5.41, 5.74) is -0.529. The van der Waals surface area contributed by atoms with E-state index in [4.69, 9.17) is 9.84 Å². The van der Waals surface area contributed by atoms with E-state index in [0.29, 0.717) is 4.90 Å². The summed E-state index contributed by atoms with van der Waals surface area (Å²) in [6.07, 6.45) is -3.54. The van der Waals surface area contributed by atoms with Crippen molar-refractivity contribution in [2.75, 3.05) is 6.61 Å². The molecule has 0 radical (unpaired) electrons. The van der Waals surface area contributed by atoms with Gasteiger partial charge in [0.1, 0.15) is 23.7 Å². The number of aliphatic hydroxyl groups is 3. The Kier molecular flexibility index (Phi) is 7.23. The Morgan fingerprint density at radius 1 is 1.15 bits per heavy atom. The predicted octanol–water partition coefficient (Wildman–Crippen LogP) is -1.00. The van der Waals surface area contributed by atoms with Gasteiger partial charge in [-0.2, -0.15) is 0 Å². The van der Waals surface area contributed by atoms with Crippen molar-refractivity contribution in [1.29, 1.82) is 0 Å². The van der Waals surface area contributed by atoms with Gasteiger partial charge in [-0.1, -0.05) is 11.8 Å². The van der Waals surface area contributed by atoms with E-state index in [1.807, 2.05) is 0 Å². The number of hydrogen-bond acceptors (Lipinski definition) is 6. The molecule has 2 rings (SSSR count). The summed E-state index contributed by atoms with van der Waals surface area (Å²) in [5.74, 6) is -1.01. The van der Waals surface area contributed by atoms with Crippen molar-refractivity contribution in [3.63, 3.8) is 0 Å². The summed E-state index contributed by atoms with van der Waals surface area (Å²) in [7, 11) is 0. The van der Waals surface area contributed by atoms with Gasteiger partial charge >= 0.3 is 43.7 Å². The molecule has 1 fully saturated rings. The molecule has 0 aromatic heterocycles. The van der Waals surface area contributed by atoms with E-state index >= 15 is 0 Å². The molecule has 1 saturated heterocycles. The fourth-order valence-corrected chi connectivity index (χ4v) is 2.70. The SMILES string of the molecule is O=C(O)c1ccc(S[C@@H]2OC[C@@H](O)[C@H](O)[C@H]2O)cc1.[CaH2]. The van der Waals surface area contributed by atoms with Crippen LogP contribution in [0.2, 0.25) is 0 Å². The fraction of sp³-hybridized carbons (Fsp3) is 0.417. The van der Waals surface area contributed by atoms with Gasteiger partial charge in [0.25, 0.3) is 0 Å². The second-order valence-electron chi connectivity index (χ2n) is 4.20. The van der Waals surface area contributed by atoms with E-state index < -0.39 is 29.7 Å². The monoisotopic (exact) mass is 328 g/mol. The van der Waals surface area contributed by atoms with Gasteiger partial charge in [0.2, 0.25) is 0 Å². The molecule has 108 valence electrons. The average Bonchev–Trinajstić information content (AvgIpc) is 2.40. The van der Waals surface area contributed by atoms with Gasteiger partial charge in [-0.3, -0.25) is 0 Å². The number of benzene rings is 1. The molecular formula is C12H16CaO6S. The van der Waals surface area contributed by atoms with E-state index in [1.54, 1.807) is 12.1 Å². The van der Waals surface area contributed by atoms with Gasteiger partial charge in [-0.25, -0.2) is 4.79 Å². The molecule has 4 N–H and O–H groups in total. The number of carboxylic acid groups (broad SMARTS) is 1. The van der Waals surface area contributed by atoms with Gasteiger partial charge in [0.05, 0.1) is 12.2 Å². The standard InChI is InChI=1S/C12H14O6S.Ca.2H/c13-8-5-18-12(10(15)9(8)14)19-7-3-1-6(2-4-7)11(16)17;;;/h1-4,8-10,12-15H,5H2,(H,16,17);;;/t8-,9+,10-,12+;;;/m1.../s1. The van der Waals surface area contributed by atoms with Crippen molar-refractivity contribution >= 4 is 55.5 Å². The number of thioether (sulfide) groups is 1. The first kappa shape index (κ1) is 18.2. The first-order valence-corrected chi connectivity index (χ1v) is 6.53. The van der Waals surface area contributed by atoms with E-state index in [0.717, 1.165) is 11.8 Å². The van der Waals surface area contributed by atoms with Crippen LogP contribution in [0.15, 0.2) is 29.2 Å². The summed E-state index contributed by atoms with van der Waals surface area (Å²) >= 11 is 1.16. The third kappa shape index (κ3) is 4.32. The van der Waals surface area contributed by atoms with Crippen LogP contribution < -0.4 is 0 Å². The van der Waals surface area contributed by atoms with Crippen LogP contribution in [0.5, 0.6) is 0 Å². The molecule has 1 aromatic carbocycles. The maximum atomic E-state index is 10.7. The Labute approximate surface area is 149 Å². The zero-order chi connectivity index (χ0) is 14.0. The fourth-order valence-electron chi connectivity index (χ4n) is 1.69. The summed E-state index contributed by atoms with van der Waals surface area (Å²) in [5, 5.41) is 37.4. The minimum absolute atomic E-state index is 0. The molecule has 6 nitrogen and oxygen atoms in total. The van der Waals surface area contributed by atoms with Crippen molar-refractivity contribution < 1.29 is 30.0 Å². The molecule has 20 heavy (non-hydrogen) atoms. The van der Waals surface area contributed by atoms with Crippen molar-refractivity contribution in [3.05, 3.63) is 29.8 Å². The molecule has 0 unspecified atom stereocenters. The third-order valence-corrected chi connectivity index (χ3v) is 4.00. The number of ether oxygens (including phenoxy) is 1. The first-order chi connectivity index (χ1) is 8.99. The normalized spacial score (nSPS) is 29.6. The van der Waals surface area contributed by atoms with Crippen molar-refractivity contribution in [2.24, 2.45) is 0 Å². The number of hydrogen-bond donors (Lipinski definition) is 4. The van der Waals surface area contributed by atoms with Crippen LogP contribution in [0.4, 0.5) is 0 Å².